The summed E-state index contributed by atoms with van der Waals surface area (Å²) in [5.41, 5.74) is 5.18. The predicted octanol–water partition coefficient (Wildman–Crippen LogP) is 2.29. The van der Waals surface area contributed by atoms with Gasteiger partial charge in [-0.15, -0.1) is 11.3 Å². The van der Waals surface area contributed by atoms with Gasteiger partial charge in [0, 0.05) is 4.88 Å². The third kappa shape index (κ3) is 2.84. The standard InChI is InChI=1S/C9H8ClN5O2S/c10-7-2-1-5(18-7)3-12-8-6(15(16)17)4-13-9(11)14-8/h1-2,4H,3H2,(H3,11,12,13,14). The van der Waals surface area contributed by atoms with E-state index in [1.807, 2.05) is 6.07 Å². The number of nitrogen functional groups attached to an aromatic ring is 1. The van der Waals surface area contributed by atoms with E-state index in [9.17, 15) is 10.1 Å². The summed E-state index contributed by atoms with van der Waals surface area (Å²) in [6, 6.07) is 3.59. The minimum Gasteiger partial charge on any atom is -0.368 e. The van der Waals surface area contributed by atoms with Gasteiger partial charge in [-0.05, 0) is 12.1 Å². The van der Waals surface area contributed by atoms with E-state index >= 15 is 0 Å². The molecule has 94 valence electrons. The molecule has 0 aliphatic rings. The Morgan fingerprint density at radius 2 is 2.33 bits per heavy atom. The van der Waals surface area contributed by atoms with Gasteiger partial charge < -0.3 is 11.1 Å². The number of hydrogen-bond acceptors (Lipinski definition) is 7. The molecule has 18 heavy (non-hydrogen) atoms. The number of thiophene rings is 1. The molecule has 7 nitrogen and oxygen atoms in total. The zero-order valence-corrected chi connectivity index (χ0v) is 10.5. The molecular formula is C9H8ClN5O2S. The largest absolute Gasteiger partial charge is 0.368 e. The van der Waals surface area contributed by atoms with Gasteiger partial charge in [0.15, 0.2) is 0 Å². The molecule has 2 heterocycles. The Balaban J connectivity index is 2.17. The molecule has 0 saturated carbocycles. The molecule has 2 aromatic heterocycles. The SMILES string of the molecule is Nc1ncc([N+](=O)[O-])c(NCc2ccc(Cl)s2)n1. The van der Waals surface area contributed by atoms with E-state index < -0.39 is 4.92 Å². The summed E-state index contributed by atoms with van der Waals surface area (Å²) in [5, 5.41) is 13.6. The average molecular weight is 286 g/mol. The third-order valence-corrected chi connectivity index (χ3v) is 3.27. The molecule has 0 atom stereocenters. The number of rotatable bonds is 4. The van der Waals surface area contributed by atoms with Crippen molar-refractivity contribution in [2.75, 3.05) is 11.1 Å². The Labute approximate surface area is 111 Å². The second kappa shape index (κ2) is 5.15. The molecule has 9 heteroatoms. The van der Waals surface area contributed by atoms with Crippen LogP contribution in [0.15, 0.2) is 18.3 Å². The summed E-state index contributed by atoms with van der Waals surface area (Å²) >= 11 is 7.17. The molecule has 0 aromatic carbocycles. The monoisotopic (exact) mass is 285 g/mol. The van der Waals surface area contributed by atoms with E-state index in [2.05, 4.69) is 15.3 Å². The van der Waals surface area contributed by atoms with Crippen molar-refractivity contribution in [3.63, 3.8) is 0 Å². The highest BCUT2D eigenvalue weighted by Crippen LogP contribution is 2.25. The molecule has 0 amide bonds. The molecule has 0 radical (unpaired) electrons. The van der Waals surface area contributed by atoms with Crippen LogP contribution in [0.25, 0.3) is 0 Å². The summed E-state index contributed by atoms with van der Waals surface area (Å²) < 4.78 is 0.656. The van der Waals surface area contributed by atoms with E-state index in [0.717, 1.165) is 11.1 Å². The summed E-state index contributed by atoms with van der Waals surface area (Å²) in [6.07, 6.45) is 1.08. The maximum atomic E-state index is 10.8. The number of anilines is 2. The number of nitro groups is 1. The first-order valence-electron chi connectivity index (χ1n) is 4.81. The van der Waals surface area contributed by atoms with Crippen LogP contribution in [-0.4, -0.2) is 14.9 Å². The highest BCUT2D eigenvalue weighted by Gasteiger charge is 2.16. The molecule has 0 saturated heterocycles. The normalized spacial score (nSPS) is 10.3. The van der Waals surface area contributed by atoms with Crippen molar-refractivity contribution >= 4 is 40.4 Å². The van der Waals surface area contributed by atoms with Gasteiger partial charge in [-0.2, -0.15) is 4.98 Å². The van der Waals surface area contributed by atoms with Crippen molar-refractivity contribution in [1.29, 1.82) is 0 Å². The topological polar surface area (TPSA) is 107 Å². The Morgan fingerprint density at radius 3 is 2.94 bits per heavy atom. The van der Waals surface area contributed by atoms with Crippen LogP contribution in [0.3, 0.4) is 0 Å². The van der Waals surface area contributed by atoms with E-state index in [0.29, 0.717) is 10.9 Å². The summed E-state index contributed by atoms with van der Waals surface area (Å²) in [6.45, 7) is 0.384. The van der Waals surface area contributed by atoms with Gasteiger partial charge in [-0.1, -0.05) is 11.6 Å². The first-order chi connectivity index (χ1) is 8.56. The first kappa shape index (κ1) is 12.5. The molecule has 0 aliphatic carbocycles. The fourth-order valence-corrected chi connectivity index (χ4v) is 2.30. The smallest absolute Gasteiger partial charge is 0.329 e. The molecule has 0 bridgehead atoms. The minimum absolute atomic E-state index is 0.0210. The van der Waals surface area contributed by atoms with Crippen molar-refractivity contribution < 1.29 is 4.92 Å². The van der Waals surface area contributed by atoms with E-state index in [1.165, 1.54) is 11.3 Å². The van der Waals surface area contributed by atoms with Crippen LogP contribution in [0, 0.1) is 10.1 Å². The summed E-state index contributed by atoms with van der Waals surface area (Å²) in [5.74, 6) is 0.0735. The van der Waals surface area contributed by atoms with Crippen LogP contribution in [0.5, 0.6) is 0 Å². The Kier molecular flexibility index (Phi) is 3.58. The van der Waals surface area contributed by atoms with Crippen molar-refractivity contribution in [1.82, 2.24) is 9.97 Å². The lowest BCUT2D eigenvalue weighted by atomic mass is 10.4. The Bertz CT molecular complexity index is 588. The van der Waals surface area contributed by atoms with Gasteiger partial charge >= 0.3 is 5.69 Å². The average Bonchev–Trinajstić information content (AvgIpc) is 2.72. The second-order valence-corrected chi connectivity index (χ2v) is 5.08. The zero-order valence-electron chi connectivity index (χ0n) is 8.96. The van der Waals surface area contributed by atoms with Gasteiger partial charge in [-0.3, -0.25) is 10.1 Å². The summed E-state index contributed by atoms with van der Waals surface area (Å²) in [4.78, 5) is 18.5. The Hall–Kier alpha value is -1.93. The molecule has 0 aliphatic heterocycles. The lowest BCUT2D eigenvalue weighted by Gasteiger charge is -2.04. The molecule has 3 N–H and O–H groups in total. The highest BCUT2D eigenvalue weighted by atomic mass is 35.5. The van der Waals surface area contributed by atoms with Gasteiger partial charge in [0.1, 0.15) is 6.20 Å². The lowest BCUT2D eigenvalue weighted by molar-refractivity contribution is -0.384. The predicted molar refractivity (Wildman–Crippen MR) is 69.8 cm³/mol. The van der Waals surface area contributed by atoms with Crippen molar-refractivity contribution in [3.8, 4) is 0 Å². The number of nitrogens with one attached hydrogen (secondary N) is 1. The lowest BCUT2D eigenvalue weighted by Crippen LogP contribution is -2.06. The van der Waals surface area contributed by atoms with E-state index in [4.69, 9.17) is 17.3 Å². The zero-order chi connectivity index (χ0) is 13.1. The highest BCUT2D eigenvalue weighted by molar-refractivity contribution is 7.16. The molecule has 0 fully saturated rings. The van der Waals surface area contributed by atoms with Crippen molar-refractivity contribution in [3.05, 3.63) is 37.7 Å². The number of nitrogens with zero attached hydrogens (tertiary/aromatic N) is 3. The quantitative estimate of drug-likeness (QED) is 0.659. The molecule has 0 spiro atoms. The van der Waals surface area contributed by atoms with Gasteiger partial charge in [0.25, 0.3) is 0 Å². The molecule has 2 rings (SSSR count). The molecule has 2 aromatic rings. The van der Waals surface area contributed by atoms with Crippen molar-refractivity contribution in [2.45, 2.75) is 6.54 Å². The number of nitrogens with two attached hydrogens (primary N) is 1. The fourth-order valence-electron chi connectivity index (χ4n) is 1.27. The van der Waals surface area contributed by atoms with Crippen molar-refractivity contribution in [2.24, 2.45) is 0 Å². The van der Waals surface area contributed by atoms with Crippen LogP contribution in [0.1, 0.15) is 4.88 Å². The minimum atomic E-state index is -0.566. The summed E-state index contributed by atoms with van der Waals surface area (Å²) in [7, 11) is 0. The van der Waals surface area contributed by atoms with Crippen LogP contribution >= 0.6 is 22.9 Å². The van der Waals surface area contributed by atoms with E-state index in [-0.39, 0.29) is 17.5 Å². The molecule has 0 unspecified atom stereocenters. The first-order valence-corrected chi connectivity index (χ1v) is 6.00. The number of halogens is 1. The van der Waals surface area contributed by atoms with Crippen LogP contribution < -0.4 is 11.1 Å². The number of aromatic nitrogens is 2. The van der Waals surface area contributed by atoms with Crippen LogP contribution in [0.4, 0.5) is 17.5 Å². The third-order valence-electron chi connectivity index (χ3n) is 2.04. The number of hydrogen-bond donors (Lipinski definition) is 2. The van der Waals surface area contributed by atoms with Gasteiger partial charge in [0.2, 0.25) is 11.8 Å². The van der Waals surface area contributed by atoms with Gasteiger partial charge in [-0.25, -0.2) is 4.98 Å². The Morgan fingerprint density at radius 1 is 1.56 bits per heavy atom. The maximum Gasteiger partial charge on any atom is 0.329 e. The second-order valence-electron chi connectivity index (χ2n) is 3.28. The maximum absolute atomic E-state index is 10.8. The fraction of sp³-hybridized carbons (Fsp3) is 0.111. The van der Waals surface area contributed by atoms with E-state index in [1.54, 1.807) is 6.07 Å². The molecular weight excluding hydrogens is 278 g/mol. The van der Waals surface area contributed by atoms with Gasteiger partial charge in [0.05, 0.1) is 15.8 Å². The van der Waals surface area contributed by atoms with Crippen LogP contribution in [0.2, 0.25) is 4.34 Å². The van der Waals surface area contributed by atoms with Crippen LogP contribution in [-0.2, 0) is 6.54 Å².